The molecule has 1 saturated carbocycles. The van der Waals surface area contributed by atoms with Crippen LogP contribution in [-0.2, 0) is 0 Å². The van der Waals surface area contributed by atoms with Gasteiger partial charge in [0.2, 0.25) is 0 Å². The van der Waals surface area contributed by atoms with Crippen LogP contribution in [0.4, 0.5) is 0 Å². The number of rotatable bonds is 6. The number of hydrogen-bond acceptors (Lipinski definition) is 5. The van der Waals surface area contributed by atoms with E-state index in [0.29, 0.717) is 29.2 Å². The molecule has 0 spiro atoms. The molecule has 1 amide bonds. The summed E-state index contributed by atoms with van der Waals surface area (Å²) in [6, 6.07) is 16.8. The van der Waals surface area contributed by atoms with Crippen molar-refractivity contribution < 1.29 is 9.90 Å². The Morgan fingerprint density at radius 3 is 2.54 bits per heavy atom. The van der Waals surface area contributed by atoms with Crippen molar-refractivity contribution in [3.05, 3.63) is 65.9 Å². The monoisotopic (exact) mass is 374 g/mol. The van der Waals surface area contributed by atoms with Gasteiger partial charge in [-0.05, 0) is 43.4 Å². The van der Waals surface area contributed by atoms with Gasteiger partial charge in [-0.2, -0.15) is 0 Å². The van der Waals surface area contributed by atoms with Gasteiger partial charge in [0, 0.05) is 18.2 Å². The maximum atomic E-state index is 12.7. The molecule has 0 saturated heterocycles. The number of hydrogen-bond donors (Lipinski definition) is 1. The van der Waals surface area contributed by atoms with Crippen LogP contribution in [0.3, 0.4) is 0 Å². The van der Waals surface area contributed by atoms with E-state index in [9.17, 15) is 9.90 Å². The largest absolute Gasteiger partial charge is 0.858 e. The van der Waals surface area contributed by atoms with E-state index in [1.165, 1.54) is 0 Å². The van der Waals surface area contributed by atoms with Crippen molar-refractivity contribution >= 4 is 11.8 Å². The lowest BCUT2D eigenvalue weighted by Crippen LogP contribution is -2.26. The Kier molecular flexibility index (Phi) is 4.89. The number of nitrogens with zero attached hydrogens (tertiary/aromatic N) is 4. The van der Waals surface area contributed by atoms with Crippen molar-refractivity contribution in [3.63, 3.8) is 0 Å². The fourth-order valence-corrected chi connectivity index (χ4v) is 2.93. The summed E-state index contributed by atoms with van der Waals surface area (Å²) in [5, 5.41) is 23.3. The summed E-state index contributed by atoms with van der Waals surface area (Å²) in [5.74, 6) is -0.471. The molecular formula is C21H20N5O2-. The summed E-state index contributed by atoms with van der Waals surface area (Å²) >= 11 is 0. The van der Waals surface area contributed by atoms with Gasteiger partial charge < -0.3 is 15.4 Å². The summed E-state index contributed by atoms with van der Waals surface area (Å²) in [5.41, 5.74) is 2.98. The van der Waals surface area contributed by atoms with Gasteiger partial charge in [-0.25, -0.2) is 4.68 Å². The Balaban J connectivity index is 1.75. The highest BCUT2D eigenvalue weighted by molar-refractivity contribution is 5.98. The van der Waals surface area contributed by atoms with Crippen LogP contribution in [0.15, 0.2) is 59.6 Å². The summed E-state index contributed by atoms with van der Waals surface area (Å²) in [6.07, 6.45) is 2.00. The third-order valence-electron chi connectivity index (χ3n) is 4.51. The minimum Gasteiger partial charge on any atom is -0.858 e. The van der Waals surface area contributed by atoms with Gasteiger partial charge in [-0.1, -0.05) is 47.7 Å². The van der Waals surface area contributed by atoms with Crippen molar-refractivity contribution in [1.29, 1.82) is 0 Å². The zero-order valence-corrected chi connectivity index (χ0v) is 15.5. The first-order valence-corrected chi connectivity index (χ1v) is 9.31. The van der Waals surface area contributed by atoms with Crippen LogP contribution in [0.5, 0.6) is 0 Å². The molecule has 4 rings (SSSR count). The molecule has 1 heterocycles. The fourth-order valence-electron chi connectivity index (χ4n) is 2.93. The molecule has 0 bridgehead atoms. The number of benzene rings is 2. The molecule has 28 heavy (non-hydrogen) atoms. The average molecular weight is 374 g/mol. The van der Waals surface area contributed by atoms with Gasteiger partial charge in [0.15, 0.2) is 5.69 Å². The number of nitrogens with one attached hydrogen (secondary N) is 1. The van der Waals surface area contributed by atoms with E-state index in [4.69, 9.17) is 0 Å². The fraction of sp³-hybridized carbons (Fsp3) is 0.238. The van der Waals surface area contributed by atoms with Crippen molar-refractivity contribution in [2.45, 2.75) is 25.8 Å². The molecule has 2 aromatic carbocycles. The van der Waals surface area contributed by atoms with Gasteiger partial charge in [0.25, 0.3) is 5.91 Å². The lowest BCUT2D eigenvalue weighted by atomic mass is 10.1. The number of carbonyl (C=O) groups is 1. The maximum Gasteiger partial charge on any atom is 0.274 e. The third kappa shape index (κ3) is 3.64. The second-order valence-electron chi connectivity index (χ2n) is 6.64. The third-order valence-corrected chi connectivity index (χ3v) is 4.51. The molecule has 1 aromatic heterocycles. The normalized spacial score (nSPS) is 14.1. The van der Waals surface area contributed by atoms with Crippen LogP contribution in [-0.4, -0.2) is 39.4 Å². The molecule has 1 fully saturated rings. The Morgan fingerprint density at radius 2 is 1.89 bits per heavy atom. The first kappa shape index (κ1) is 17.9. The van der Waals surface area contributed by atoms with Gasteiger partial charge in [-0.3, -0.25) is 4.79 Å². The first-order chi connectivity index (χ1) is 13.7. The van der Waals surface area contributed by atoms with Crippen molar-refractivity contribution in [1.82, 2.24) is 20.3 Å². The van der Waals surface area contributed by atoms with Gasteiger partial charge in [0.05, 0.1) is 5.69 Å². The summed E-state index contributed by atoms with van der Waals surface area (Å²) in [4.78, 5) is 16.6. The molecule has 0 unspecified atom stereocenters. The lowest BCUT2D eigenvalue weighted by molar-refractivity contribution is -0.213. The highest BCUT2D eigenvalue weighted by Crippen LogP contribution is 2.26. The second kappa shape index (κ2) is 7.64. The van der Waals surface area contributed by atoms with E-state index in [1.54, 1.807) is 28.9 Å². The lowest BCUT2D eigenvalue weighted by Gasteiger charge is -2.12. The molecule has 1 aliphatic rings. The van der Waals surface area contributed by atoms with Gasteiger partial charge >= 0.3 is 0 Å². The molecule has 7 nitrogen and oxygen atoms in total. The Labute approximate surface area is 162 Å². The summed E-state index contributed by atoms with van der Waals surface area (Å²) < 4.78 is 1.63. The van der Waals surface area contributed by atoms with E-state index in [2.05, 4.69) is 20.6 Å². The Hall–Kier alpha value is -3.48. The van der Waals surface area contributed by atoms with Gasteiger partial charge in [0.1, 0.15) is 5.69 Å². The number of carbonyl (C=O) groups excluding carboxylic acids is 1. The molecule has 0 aliphatic heterocycles. The number of aromatic nitrogens is 3. The molecule has 142 valence electrons. The second-order valence-corrected chi connectivity index (χ2v) is 6.64. The number of aliphatic imine (C=N–C) groups is 1. The molecule has 0 radical (unpaired) electrons. The molecule has 3 aromatic rings. The standard InChI is InChI=1S/C21H21N5O2/c1-2-22-20(27)15-8-12-17(13-9-15)26-19(14-6-4-3-5-7-14)18(24-25-26)21(28)23-16-10-11-16/h3-9,12-13,16H,2,10-11H2,1H3,(H,22,27)(H,23,28)/p-1. The average Bonchev–Trinajstić information content (AvgIpc) is 3.42. The van der Waals surface area contributed by atoms with E-state index in [1.807, 2.05) is 37.3 Å². The smallest absolute Gasteiger partial charge is 0.274 e. The minimum atomic E-state index is -0.250. The summed E-state index contributed by atoms with van der Waals surface area (Å²) in [6.45, 7) is 2.27. The van der Waals surface area contributed by atoms with Crippen LogP contribution in [0.25, 0.3) is 16.9 Å². The predicted molar refractivity (Wildman–Crippen MR) is 104 cm³/mol. The SMILES string of the molecule is CCN=C([O-])c1ccc(-n2nnc(C(=O)NC3CC3)c2-c2ccccc2)cc1. The Morgan fingerprint density at radius 1 is 1.18 bits per heavy atom. The van der Waals surface area contributed by atoms with Crippen LogP contribution in [0, 0.1) is 0 Å². The zero-order valence-electron chi connectivity index (χ0n) is 15.5. The number of amides is 1. The minimum absolute atomic E-state index is 0.221. The quantitative estimate of drug-likeness (QED) is 0.527. The summed E-state index contributed by atoms with van der Waals surface area (Å²) in [7, 11) is 0. The first-order valence-electron chi connectivity index (χ1n) is 9.31. The Bertz CT molecular complexity index is 1010. The maximum absolute atomic E-state index is 12.7. The van der Waals surface area contributed by atoms with Crippen LogP contribution >= 0.6 is 0 Å². The topological polar surface area (TPSA) is 95.2 Å². The molecular weight excluding hydrogens is 354 g/mol. The predicted octanol–water partition coefficient (Wildman–Crippen LogP) is 1.95. The molecule has 1 aliphatic carbocycles. The van der Waals surface area contributed by atoms with E-state index in [-0.39, 0.29) is 17.8 Å². The van der Waals surface area contributed by atoms with Crippen LogP contribution < -0.4 is 10.4 Å². The zero-order chi connectivity index (χ0) is 19.5. The van der Waals surface area contributed by atoms with E-state index < -0.39 is 0 Å². The highest BCUT2D eigenvalue weighted by atomic mass is 16.3. The van der Waals surface area contributed by atoms with Crippen LogP contribution in [0.2, 0.25) is 0 Å². The van der Waals surface area contributed by atoms with Crippen molar-refractivity contribution in [3.8, 4) is 16.9 Å². The van der Waals surface area contributed by atoms with E-state index in [0.717, 1.165) is 18.4 Å². The van der Waals surface area contributed by atoms with Crippen molar-refractivity contribution in [2.75, 3.05) is 6.54 Å². The van der Waals surface area contributed by atoms with E-state index >= 15 is 0 Å². The molecule has 0 atom stereocenters. The van der Waals surface area contributed by atoms with Crippen LogP contribution in [0.1, 0.15) is 35.8 Å². The highest BCUT2D eigenvalue weighted by Gasteiger charge is 2.28. The van der Waals surface area contributed by atoms with Gasteiger partial charge in [-0.15, -0.1) is 5.10 Å². The molecule has 7 heteroatoms. The van der Waals surface area contributed by atoms with Crippen molar-refractivity contribution in [2.24, 2.45) is 4.99 Å². The molecule has 1 N–H and O–H groups in total.